The van der Waals surface area contributed by atoms with E-state index in [9.17, 15) is 4.79 Å². The molecule has 0 saturated carbocycles. The molecule has 0 bridgehead atoms. The molecule has 2 heterocycles. The Morgan fingerprint density at radius 1 is 1.07 bits per heavy atom. The number of anilines is 1. The van der Waals surface area contributed by atoms with Gasteiger partial charge in [-0.25, -0.2) is 4.98 Å². The Kier molecular flexibility index (Phi) is 5.24. The molecule has 2 aromatic carbocycles. The number of thiophene rings is 1. The van der Waals surface area contributed by atoms with Crippen LogP contribution in [-0.4, -0.2) is 9.97 Å². The Morgan fingerprint density at radius 2 is 1.79 bits per heavy atom. The van der Waals surface area contributed by atoms with Gasteiger partial charge < -0.3 is 10.3 Å². The number of para-hydroxylation sites is 1. The first-order valence-corrected chi connectivity index (χ1v) is 10.7. The van der Waals surface area contributed by atoms with Crippen LogP contribution in [0.1, 0.15) is 29.2 Å². The lowest BCUT2D eigenvalue weighted by Crippen LogP contribution is -2.17. The number of benzene rings is 2. The highest BCUT2D eigenvalue weighted by Gasteiger charge is 2.16. The zero-order valence-corrected chi connectivity index (χ0v) is 17.6. The summed E-state index contributed by atoms with van der Waals surface area (Å²) in [6, 6.07) is 18.3. The van der Waals surface area contributed by atoms with E-state index in [0.29, 0.717) is 11.2 Å². The lowest BCUT2D eigenvalue weighted by Gasteiger charge is -2.17. The molecule has 0 fully saturated rings. The van der Waals surface area contributed by atoms with Crippen molar-refractivity contribution in [2.24, 2.45) is 0 Å². The van der Waals surface area contributed by atoms with Crippen LogP contribution in [0.25, 0.3) is 10.2 Å². The molecule has 0 radical (unpaired) electrons. The molecule has 4 nitrogen and oxygen atoms in total. The Bertz CT molecular complexity index is 1180. The molecular formula is C22H21N3OS2. The van der Waals surface area contributed by atoms with E-state index in [2.05, 4.69) is 34.6 Å². The Balaban J connectivity index is 1.63. The summed E-state index contributed by atoms with van der Waals surface area (Å²) >= 11 is 3.28. The second kappa shape index (κ2) is 7.81. The summed E-state index contributed by atoms with van der Waals surface area (Å²) < 4.78 is 0. The molecule has 0 aliphatic heterocycles. The van der Waals surface area contributed by atoms with Gasteiger partial charge in [0.1, 0.15) is 10.7 Å². The molecule has 28 heavy (non-hydrogen) atoms. The number of nitrogens with zero attached hydrogens (tertiary/aromatic N) is 1. The molecule has 0 aliphatic rings. The molecule has 142 valence electrons. The second-order valence-electron chi connectivity index (χ2n) is 6.69. The standard InChI is InChI=1S/C22H21N3OS2/c1-13-15(3)27-22-19(13)21(26)24-20(25-22)14(2)23-17-11-7-8-12-18(17)28-16-9-5-4-6-10-16/h4-12,14,23H,1-3H3,(H,24,25,26). The van der Waals surface area contributed by atoms with Gasteiger partial charge >= 0.3 is 0 Å². The van der Waals surface area contributed by atoms with Gasteiger partial charge in [0, 0.05) is 20.4 Å². The average molecular weight is 408 g/mol. The van der Waals surface area contributed by atoms with Crippen LogP contribution in [0, 0.1) is 13.8 Å². The predicted molar refractivity (Wildman–Crippen MR) is 119 cm³/mol. The smallest absolute Gasteiger partial charge is 0.259 e. The number of hydrogen-bond donors (Lipinski definition) is 2. The monoisotopic (exact) mass is 407 g/mol. The normalized spacial score (nSPS) is 12.2. The van der Waals surface area contributed by atoms with Crippen molar-refractivity contribution in [3.05, 3.63) is 81.2 Å². The van der Waals surface area contributed by atoms with E-state index >= 15 is 0 Å². The van der Waals surface area contributed by atoms with Crippen LogP contribution < -0.4 is 10.9 Å². The van der Waals surface area contributed by atoms with Crippen molar-refractivity contribution in [2.75, 3.05) is 5.32 Å². The van der Waals surface area contributed by atoms with Crippen LogP contribution in [0.5, 0.6) is 0 Å². The van der Waals surface area contributed by atoms with Crippen LogP contribution in [0.4, 0.5) is 5.69 Å². The summed E-state index contributed by atoms with van der Waals surface area (Å²) in [6.07, 6.45) is 0. The molecule has 6 heteroatoms. The fourth-order valence-corrected chi connectivity index (χ4v) is 5.04. The minimum Gasteiger partial charge on any atom is -0.374 e. The van der Waals surface area contributed by atoms with E-state index in [0.717, 1.165) is 25.9 Å². The number of aryl methyl sites for hydroxylation is 2. The van der Waals surface area contributed by atoms with Gasteiger partial charge in [-0.3, -0.25) is 4.79 Å². The van der Waals surface area contributed by atoms with Gasteiger partial charge in [0.2, 0.25) is 0 Å². The van der Waals surface area contributed by atoms with Gasteiger partial charge in [0.05, 0.1) is 11.4 Å². The van der Waals surface area contributed by atoms with E-state index in [1.807, 2.05) is 51.1 Å². The third-order valence-electron chi connectivity index (χ3n) is 4.70. The summed E-state index contributed by atoms with van der Waals surface area (Å²) in [5, 5.41) is 4.22. The van der Waals surface area contributed by atoms with Crippen molar-refractivity contribution < 1.29 is 0 Å². The number of hydrogen-bond acceptors (Lipinski definition) is 5. The van der Waals surface area contributed by atoms with Gasteiger partial charge in [-0.1, -0.05) is 42.1 Å². The zero-order chi connectivity index (χ0) is 19.7. The van der Waals surface area contributed by atoms with Crippen LogP contribution in [0.15, 0.2) is 69.2 Å². The lowest BCUT2D eigenvalue weighted by atomic mass is 10.2. The fourth-order valence-electron chi connectivity index (χ4n) is 3.07. The molecule has 0 spiro atoms. The van der Waals surface area contributed by atoms with E-state index < -0.39 is 0 Å². The maximum Gasteiger partial charge on any atom is 0.259 e. The van der Waals surface area contributed by atoms with E-state index in [1.165, 1.54) is 4.90 Å². The summed E-state index contributed by atoms with van der Waals surface area (Å²) in [5.74, 6) is 0.651. The van der Waals surface area contributed by atoms with E-state index in [4.69, 9.17) is 4.98 Å². The molecule has 4 rings (SSSR count). The van der Waals surface area contributed by atoms with Crippen LogP contribution in [0.3, 0.4) is 0 Å². The fraction of sp³-hybridized carbons (Fsp3) is 0.182. The van der Waals surface area contributed by atoms with Crippen molar-refractivity contribution in [2.45, 2.75) is 36.6 Å². The predicted octanol–water partition coefficient (Wildman–Crippen LogP) is 5.93. The molecule has 0 saturated heterocycles. The first-order valence-electron chi connectivity index (χ1n) is 9.11. The molecule has 0 amide bonds. The minimum atomic E-state index is -0.127. The van der Waals surface area contributed by atoms with Gasteiger partial charge in [0.15, 0.2) is 0 Å². The van der Waals surface area contributed by atoms with Crippen molar-refractivity contribution in [1.29, 1.82) is 0 Å². The zero-order valence-electron chi connectivity index (χ0n) is 15.9. The first kappa shape index (κ1) is 18.8. The third kappa shape index (κ3) is 3.70. The topological polar surface area (TPSA) is 57.8 Å². The average Bonchev–Trinajstić information content (AvgIpc) is 2.98. The number of aromatic nitrogens is 2. The van der Waals surface area contributed by atoms with Gasteiger partial charge in [0.25, 0.3) is 5.56 Å². The number of H-pyrrole nitrogens is 1. The number of aromatic amines is 1. The lowest BCUT2D eigenvalue weighted by molar-refractivity contribution is 0.790. The largest absolute Gasteiger partial charge is 0.374 e. The van der Waals surface area contributed by atoms with E-state index in [1.54, 1.807) is 23.1 Å². The Hall–Kier alpha value is -2.57. The van der Waals surface area contributed by atoms with Crippen molar-refractivity contribution in [1.82, 2.24) is 9.97 Å². The summed E-state index contributed by atoms with van der Waals surface area (Å²) in [4.78, 5) is 24.5. The molecule has 1 unspecified atom stereocenters. The van der Waals surface area contributed by atoms with Gasteiger partial charge in [-0.05, 0) is 50.6 Å². The molecule has 0 aliphatic carbocycles. The molecule has 4 aromatic rings. The number of rotatable bonds is 5. The highest BCUT2D eigenvalue weighted by molar-refractivity contribution is 7.99. The molecular weight excluding hydrogens is 386 g/mol. The third-order valence-corrected chi connectivity index (χ3v) is 6.88. The molecule has 2 aromatic heterocycles. The molecule has 2 N–H and O–H groups in total. The maximum absolute atomic E-state index is 12.6. The highest BCUT2D eigenvalue weighted by Crippen LogP contribution is 2.34. The summed E-state index contributed by atoms with van der Waals surface area (Å²) in [7, 11) is 0. The van der Waals surface area contributed by atoms with Gasteiger partial charge in [-0.15, -0.1) is 11.3 Å². The maximum atomic E-state index is 12.6. The Labute approximate surface area is 172 Å². The SMILES string of the molecule is Cc1sc2nc(C(C)Nc3ccccc3Sc3ccccc3)[nH]c(=O)c2c1C. The van der Waals surface area contributed by atoms with Crippen LogP contribution in [-0.2, 0) is 0 Å². The van der Waals surface area contributed by atoms with Gasteiger partial charge in [-0.2, -0.15) is 0 Å². The molecule has 1 atom stereocenters. The Morgan fingerprint density at radius 3 is 2.57 bits per heavy atom. The first-order chi connectivity index (χ1) is 13.5. The van der Waals surface area contributed by atoms with Crippen molar-refractivity contribution in [3.8, 4) is 0 Å². The second-order valence-corrected chi connectivity index (χ2v) is 9.01. The van der Waals surface area contributed by atoms with E-state index in [-0.39, 0.29) is 11.6 Å². The van der Waals surface area contributed by atoms with Crippen LogP contribution >= 0.6 is 23.1 Å². The minimum absolute atomic E-state index is 0.0672. The quantitative estimate of drug-likeness (QED) is 0.431. The highest BCUT2D eigenvalue weighted by atomic mass is 32.2. The van der Waals surface area contributed by atoms with Crippen LogP contribution in [0.2, 0.25) is 0 Å². The van der Waals surface area contributed by atoms with Crippen molar-refractivity contribution >= 4 is 39.0 Å². The number of nitrogens with one attached hydrogen (secondary N) is 2. The number of fused-ring (bicyclic) bond motifs is 1. The summed E-state index contributed by atoms with van der Waals surface area (Å²) in [6.45, 7) is 6.02. The van der Waals surface area contributed by atoms with Crippen molar-refractivity contribution in [3.63, 3.8) is 0 Å². The summed E-state index contributed by atoms with van der Waals surface area (Å²) in [5.41, 5.74) is 1.97.